The van der Waals surface area contributed by atoms with Crippen LogP contribution in [-0.2, 0) is 4.79 Å². The third-order valence-electron chi connectivity index (χ3n) is 4.51. The molecule has 0 aromatic heterocycles. The van der Waals surface area contributed by atoms with Gasteiger partial charge in [-0.1, -0.05) is 19.3 Å². The van der Waals surface area contributed by atoms with Crippen molar-refractivity contribution in [1.82, 2.24) is 10.2 Å². The van der Waals surface area contributed by atoms with E-state index in [1.54, 1.807) is 23.1 Å². The van der Waals surface area contributed by atoms with E-state index in [0.29, 0.717) is 27.6 Å². The molecular formula is C18H21BrN2O3S. The van der Waals surface area contributed by atoms with Gasteiger partial charge in [0, 0.05) is 6.04 Å². The summed E-state index contributed by atoms with van der Waals surface area (Å²) in [5.74, 6) is 0.342. The van der Waals surface area contributed by atoms with Gasteiger partial charge >= 0.3 is 0 Å². The van der Waals surface area contributed by atoms with Crippen LogP contribution in [0.25, 0.3) is 6.08 Å². The first-order chi connectivity index (χ1) is 12.0. The number of nitrogens with one attached hydrogen (secondary N) is 1. The summed E-state index contributed by atoms with van der Waals surface area (Å²) in [6.07, 6.45) is 7.24. The lowest BCUT2D eigenvalue weighted by molar-refractivity contribution is -0.124. The van der Waals surface area contributed by atoms with Crippen LogP contribution in [0.1, 0.15) is 44.6 Å². The second-order valence-electron chi connectivity index (χ2n) is 6.24. The molecule has 2 fully saturated rings. The van der Waals surface area contributed by atoms with Crippen molar-refractivity contribution in [3.8, 4) is 11.5 Å². The Hall–Kier alpha value is -1.60. The van der Waals surface area contributed by atoms with E-state index >= 15 is 0 Å². The van der Waals surface area contributed by atoms with Crippen molar-refractivity contribution >= 4 is 45.2 Å². The third-order valence-corrected chi connectivity index (χ3v) is 5.41. The molecule has 0 atom stereocenters. The first-order valence-corrected chi connectivity index (χ1v) is 9.73. The number of carbonyl (C=O) groups excluding carboxylic acids is 1. The Morgan fingerprint density at radius 1 is 1.40 bits per heavy atom. The summed E-state index contributed by atoms with van der Waals surface area (Å²) in [5, 5.41) is 13.5. The van der Waals surface area contributed by atoms with Crippen LogP contribution in [0.2, 0.25) is 0 Å². The van der Waals surface area contributed by atoms with E-state index in [4.69, 9.17) is 17.0 Å². The molecule has 1 amide bonds. The van der Waals surface area contributed by atoms with Crippen LogP contribution in [0.3, 0.4) is 0 Å². The zero-order valence-corrected chi connectivity index (χ0v) is 16.5. The van der Waals surface area contributed by atoms with E-state index in [1.807, 2.05) is 6.92 Å². The Balaban J connectivity index is 1.86. The maximum atomic E-state index is 12.8. The zero-order valence-electron chi connectivity index (χ0n) is 14.0. The first-order valence-electron chi connectivity index (χ1n) is 8.52. The number of phenolic OH excluding ortho intramolecular Hbond substituents is 1. The van der Waals surface area contributed by atoms with Crippen LogP contribution in [0.5, 0.6) is 11.5 Å². The van der Waals surface area contributed by atoms with E-state index in [9.17, 15) is 9.90 Å². The minimum Gasteiger partial charge on any atom is -0.503 e. The SMILES string of the molecule is CCOc1cc(/C=C2\NC(=S)N(C3CCCCC3)C2=O)cc(Br)c1O. The molecular weight excluding hydrogens is 404 g/mol. The van der Waals surface area contributed by atoms with Crippen molar-refractivity contribution < 1.29 is 14.6 Å². The van der Waals surface area contributed by atoms with Crippen molar-refractivity contribution in [2.75, 3.05) is 6.61 Å². The fourth-order valence-electron chi connectivity index (χ4n) is 3.33. The number of benzene rings is 1. The van der Waals surface area contributed by atoms with Crippen molar-refractivity contribution in [2.24, 2.45) is 0 Å². The van der Waals surface area contributed by atoms with E-state index in [1.165, 1.54) is 6.42 Å². The van der Waals surface area contributed by atoms with Crippen LogP contribution in [0.4, 0.5) is 0 Å². The molecule has 1 heterocycles. The Morgan fingerprint density at radius 3 is 2.80 bits per heavy atom. The number of aromatic hydroxyl groups is 1. The van der Waals surface area contributed by atoms with Gasteiger partial charge < -0.3 is 15.2 Å². The molecule has 0 radical (unpaired) electrons. The largest absolute Gasteiger partial charge is 0.503 e. The highest BCUT2D eigenvalue weighted by molar-refractivity contribution is 9.10. The molecule has 2 aliphatic rings. The van der Waals surface area contributed by atoms with Crippen LogP contribution in [-0.4, -0.2) is 33.7 Å². The summed E-state index contributed by atoms with van der Waals surface area (Å²) in [7, 11) is 0. The smallest absolute Gasteiger partial charge is 0.276 e. The maximum absolute atomic E-state index is 12.8. The Labute approximate surface area is 161 Å². The molecule has 134 valence electrons. The topological polar surface area (TPSA) is 61.8 Å². The second kappa shape index (κ2) is 7.74. The van der Waals surface area contributed by atoms with E-state index < -0.39 is 0 Å². The van der Waals surface area contributed by atoms with Crippen LogP contribution < -0.4 is 10.1 Å². The predicted octanol–water partition coefficient (Wildman–Crippen LogP) is 3.94. The van der Waals surface area contributed by atoms with E-state index in [-0.39, 0.29) is 17.7 Å². The predicted molar refractivity (Wildman–Crippen MR) is 104 cm³/mol. The number of nitrogens with zero attached hydrogens (tertiary/aromatic N) is 1. The normalized spacial score (nSPS) is 20.2. The number of carbonyl (C=O) groups is 1. The molecule has 0 bridgehead atoms. The van der Waals surface area contributed by atoms with Crippen molar-refractivity contribution in [3.63, 3.8) is 0 Å². The minimum absolute atomic E-state index is 0.0501. The molecule has 0 spiro atoms. The number of amides is 1. The van der Waals surface area contributed by atoms with Gasteiger partial charge in [0.1, 0.15) is 5.70 Å². The zero-order chi connectivity index (χ0) is 18.0. The molecule has 1 saturated heterocycles. The number of halogens is 1. The quantitative estimate of drug-likeness (QED) is 0.565. The molecule has 1 aromatic carbocycles. The van der Waals surface area contributed by atoms with Gasteiger partial charge in [0.15, 0.2) is 16.6 Å². The number of ether oxygens (including phenoxy) is 1. The number of thiocarbonyl (C=S) groups is 1. The highest BCUT2D eigenvalue weighted by Gasteiger charge is 2.36. The van der Waals surface area contributed by atoms with Crippen LogP contribution >= 0.6 is 28.1 Å². The van der Waals surface area contributed by atoms with Gasteiger partial charge in [-0.2, -0.15) is 0 Å². The molecule has 1 aliphatic heterocycles. The van der Waals surface area contributed by atoms with Gasteiger partial charge in [-0.05, 0) is 71.7 Å². The molecule has 5 nitrogen and oxygen atoms in total. The standard InChI is InChI=1S/C18H21BrN2O3S/c1-2-24-15-10-11(8-13(19)16(15)22)9-14-17(23)21(18(25)20-14)12-6-4-3-5-7-12/h8-10,12,22H,2-7H2,1H3,(H,20,25)/b14-9-. The summed E-state index contributed by atoms with van der Waals surface area (Å²) in [4.78, 5) is 14.5. The first kappa shape index (κ1) is 18.2. The fraction of sp³-hybridized carbons (Fsp3) is 0.444. The number of rotatable bonds is 4. The Bertz CT molecular complexity index is 729. The van der Waals surface area contributed by atoms with Crippen LogP contribution in [0.15, 0.2) is 22.3 Å². The minimum atomic E-state index is -0.0842. The molecule has 2 N–H and O–H groups in total. The summed E-state index contributed by atoms with van der Waals surface area (Å²) in [5.41, 5.74) is 1.20. The molecule has 1 aromatic rings. The van der Waals surface area contributed by atoms with Gasteiger partial charge in [0.05, 0.1) is 11.1 Å². The molecule has 0 unspecified atom stereocenters. The van der Waals surface area contributed by atoms with Gasteiger partial charge in [-0.25, -0.2) is 0 Å². The Morgan fingerprint density at radius 2 is 2.12 bits per heavy atom. The average molecular weight is 425 g/mol. The third kappa shape index (κ3) is 3.82. The maximum Gasteiger partial charge on any atom is 0.276 e. The molecule has 1 aliphatic carbocycles. The average Bonchev–Trinajstić information content (AvgIpc) is 2.87. The lowest BCUT2D eigenvalue weighted by Crippen LogP contribution is -2.41. The summed E-state index contributed by atoms with van der Waals surface area (Å²) in [6.45, 7) is 2.29. The molecule has 25 heavy (non-hydrogen) atoms. The molecule has 7 heteroatoms. The van der Waals surface area contributed by atoms with Crippen LogP contribution in [0, 0.1) is 0 Å². The summed E-state index contributed by atoms with van der Waals surface area (Å²) in [6, 6.07) is 3.64. The van der Waals surface area contributed by atoms with Crippen molar-refractivity contribution in [2.45, 2.75) is 45.1 Å². The van der Waals surface area contributed by atoms with Gasteiger partial charge in [-0.15, -0.1) is 0 Å². The van der Waals surface area contributed by atoms with Crippen molar-refractivity contribution in [3.05, 3.63) is 27.9 Å². The van der Waals surface area contributed by atoms with Crippen molar-refractivity contribution in [1.29, 1.82) is 0 Å². The number of hydrogen-bond donors (Lipinski definition) is 2. The van der Waals surface area contributed by atoms with Gasteiger partial charge in [0.25, 0.3) is 5.91 Å². The highest BCUT2D eigenvalue weighted by atomic mass is 79.9. The van der Waals surface area contributed by atoms with E-state index in [2.05, 4.69) is 21.2 Å². The highest BCUT2D eigenvalue weighted by Crippen LogP contribution is 2.36. The van der Waals surface area contributed by atoms with Gasteiger partial charge in [-0.3, -0.25) is 9.69 Å². The van der Waals surface area contributed by atoms with E-state index in [0.717, 1.165) is 31.2 Å². The summed E-state index contributed by atoms with van der Waals surface area (Å²) < 4.78 is 5.95. The second-order valence-corrected chi connectivity index (χ2v) is 7.48. The lowest BCUT2D eigenvalue weighted by atomic mass is 9.94. The number of hydrogen-bond acceptors (Lipinski definition) is 4. The fourth-order valence-corrected chi connectivity index (χ4v) is 4.13. The van der Waals surface area contributed by atoms with Gasteiger partial charge in [0.2, 0.25) is 0 Å². The Kier molecular flexibility index (Phi) is 5.64. The molecule has 1 saturated carbocycles. The summed E-state index contributed by atoms with van der Waals surface area (Å²) >= 11 is 8.70. The lowest BCUT2D eigenvalue weighted by Gasteiger charge is -2.29. The molecule has 3 rings (SSSR count). The monoisotopic (exact) mass is 424 g/mol. The number of phenols is 1.